The Morgan fingerprint density at radius 2 is 1.50 bits per heavy atom. The van der Waals surface area contributed by atoms with E-state index in [4.69, 9.17) is 0 Å². The van der Waals surface area contributed by atoms with Crippen molar-refractivity contribution < 1.29 is 19.5 Å². The monoisotopic (exact) mass is 386 g/mol. The number of nitrogens with zero attached hydrogens (tertiary/aromatic N) is 1. The fourth-order valence-electron chi connectivity index (χ4n) is 3.35. The zero-order valence-corrected chi connectivity index (χ0v) is 16.8. The topological polar surface area (TPSA) is 86.7 Å². The molecule has 1 aliphatic rings. The summed E-state index contributed by atoms with van der Waals surface area (Å²) in [5.41, 5.74) is 1.08. The number of hydrogen-bond acceptors (Lipinski definition) is 4. The fraction of sp³-hybridized carbons (Fsp3) is 0.500. The van der Waals surface area contributed by atoms with E-state index < -0.39 is 17.6 Å². The molecule has 0 unspecified atom stereocenters. The molecule has 2 N–H and O–H groups in total. The molecule has 3 amide bonds. The van der Waals surface area contributed by atoms with Gasteiger partial charge < -0.3 is 10.4 Å². The molecule has 0 spiro atoms. The summed E-state index contributed by atoms with van der Waals surface area (Å²) in [4.78, 5) is 37.2. The molecule has 0 saturated heterocycles. The van der Waals surface area contributed by atoms with Gasteiger partial charge in [-0.2, -0.15) is 0 Å². The van der Waals surface area contributed by atoms with E-state index in [1.807, 2.05) is 0 Å². The van der Waals surface area contributed by atoms with E-state index in [0.717, 1.165) is 24.2 Å². The van der Waals surface area contributed by atoms with Gasteiger partial charge in [0.1, 0.15) is 0 Å². The maximum atomic E-state index is 12.6. The Balaban J connectivity index is 1.88. The van der Waals surface area contributed by atoms with Crippen molar-refractivity contribution in [2.75, 3.05) is 11.9 Å². The maximum absolute atomic E-state index is 12.6. The second-order valence-electron chi connectivity index (χ2n) is 7.22. The second-order valence-corrected chi connectivity index (χ2v) is 7.22. The van der Waals surface area contributed by atoms with Crippen LogP contribution in [0.3, 0.4) is 0 Å². The van der Waals surface area contributed by atoms with Crippen LogP contribution in [0, 0.1) is 0 Å². The third kappa shape index (κ3) is 5.68. The van der Waals surface area contributed by atoms with Gasteiger partial charge in [-0.25, -0.2) is 0 Å². The quantitative estimate of drug-likeness (QED) is 0.435. The SMILES string of the molecule is CCCCCCCCCCN1C(=O)C(O)=C(c2ccc(NC(C)=O)cc2)C1=O. The molecule has 152 valence electrons. The van der Waals surface area contributed by atoms with Crippen LogP contribution in [-0.2, 0) is 14.4 Å². The minimum atomic E-state index is -0.631. The van der Waals surface area contributed by atoms with E-state index in [1.165, 1.54) is 39.0 Å². The van der Waals surface area contributed by atoms with Crippen molar-refractivity contribution in [3.8, 4) is 0 Å². The number of benzene rings is 1. The zero-order chi connectivity index (χ0) is 20.5. The van der Waals surface area contributed by atoms with Crippen molar-refractivity contribution in [1.29, 1.82) is 0 Å². The number of unbranched alkanes of at least 4 members (excludes halogenated alkanes) is 7. The summed E-state index contributed by atoms with van der Waals surface area (Å²) >= 11 is 0. The van der Waals surface area contributed by atoms with Gasteiger partial charge in [-0.05, 0) is 24.1 Å². The molecule has 0 bridgehead atoms. The summed E-state index contributed by atoms with van der Waals surface area (Å²) in [5.74, 6) is -1.79. The number of amides is 3. The van der Waals surface area contributed by atoms with Crippen LogP contribution in [0.1, 0.15) is 70.8 Å². The van der Waals surface area contributed by atoms with Crippen LogP contribution in [0.25, 0.3) is 5.57 Å². The van der Waals surface area contributed by atoms with Crippen LogP contribution in [0.15, 0.2) is 30.0 Å². The predicted octanol–water partition coefficient (Wildman–Crippen LogP) is 4.42. The zero-order valence-electron chi connectivity index (χ0n) is 16.8. The molecule has 0 aromatic heterocycles. The van der Waals surface area contributed by atoms with Crippen molar-refractivity contribution in [3.63, 3.8) is 0 Å². The Morgan fingerprint density at radius 1 is 0.929 bits per heavy atom. The van der Waals surface area contributed by atoms with Gasteiger partial charge in [0.15, 0.2) is 5.76 Å². The summed E-state index contributed by atoms with van der Waals surface area (Å²) in [6, 6.07) is 6.50. The third-order valence-electron chi connectivity index (χ3n) is 4.87. The third-order valence-corrected chi connectivity index (χ3v) is 4.87. The second kappa shape index (κ2) is 10.6. The highest BCUT2D eigenvalue weighted by atomic mass is 16.3. The average Bonchev–Trinajstić information content (AvgIpc) is 2.87. The molecular weight excluding hydrogens is 356 g/mol. The Kier molecular flexibility index (Phi) is 8.23. The molecule has 0 radical (unpaired) electrons. The molecule has 0 atom stereocenters. The van der Waals surface area contributed by atoms with Gasteiger partial charge in [-0.15, -0.1) is 0 Å². The highest BCUT2D eigenvalue weighted by Crippen LogP contribution is 2.29. The summed E-state index contributed by atoms with van der Waals surface area (Å²) in [6.45, 7) is 3.92. The van der Waals surface area contributed by atoms with Crippen LogP contribution in [0.4, 0.5) is 5.69 Å². The summed E-state index contributed by atoms with van der Waals surface area (Å²) in [5, 5.41) is 12.8. The summed E-state index contributed by atoms with van der Waals surface area (Å²) in [7, 11) is 0. The maximum Gasteiger partial charge on any atom is 0.296 e. The standard InChI is InChI=1S/C22H30N2O4/c1-3-4-5-6-7-8-9-10-15-24-21(27)19(20(26)22(24)28)17-11-13-18(14-12-17)23-16(2)25/h11-14,26H,3-10,15H2,1-2H3,(H,23,25). The van der Waals surface area contributed by atoms with Crippen molar-refractivity contribution in [2.24, 2.45) is 0 Å². The van der Waals surface area contributed by atoms with E-state index in [1.54, 1.807) is 24.3 Å². The molecule has 28 heavy (non-hydrogen) atoms. The number of nitrogens with one attached hydrogen (secondary N) is 1. The van der Waals surface area contributed by atoms with E-state index in [0.29, 0.717) is 17.8 Å². The van der Waals surface area contributed by atoms with Gasteiger partial charge in [0.25, 0.3) is 11.8 Å². The van der Waals surface area contributed by atoms with Crippen LogP contribution < -0.4 is 5.32 Å². The first-order chi connectivity index (χ1) is 13.5. The minimum Gasteiger partial charge on any atom is -0.502 e. The summed E-state index contributed by atoms with van der Waals surface area (Å²) < 4.78 is 0. The van der Waals surface area contributed by atoms with Gasteiger partial charge in [-0.3, -0.25) is 19.3 Å². The molecule has 1 aromatic carbocycles. The Morgan fingerprint density at radius 3 is 2.07 bits per heavy atom. The number of carbonyl (C=O) groups is 3. The molecule has 0 aliphatic carbocycles. The van der Waals surface area contributed by atoms with E-state index in [2.05, 4.69) is 12.2 Å². The highest BCUT2D eigenvalue weighted by molar-refractivity contribution is 6.34. The lowest BCUT2D eigenvalue weighted by Gasteiger charge is -2.14. The van der Waals surface area contributed by atoms with Crippen molar-refractivity contribution in [1.82, 2.24) is 4.90 Å². The van der Waals surface area contributed by atoms with Gasteiger partial charge in [0, 0.05) is 19.2 Å². The van der Waals surface area contributed by atoms with Gasteiger partial charge >= 0.3 is 0 Å². The molecular formula is C22H30N2O4. The number of imide groups is 1. The average molecular weight is 386 g/mol. The van der Waals surface area contributed by atoms with Gasteiger partial charge in [0.2, 0.25) is 5.91 Å². The number of hydrogen-bond donors (Lipinski definition) is 2. The van der Waals surface area contributed by atoms with Crippen molar-refractivity contribution >= 4 is 29.0 Å². The Bertz CT molecular complexity index is 737. The first kappa shape index (κ1) is 21.7. The van der Waals surface area contributed by atoms with Crippen molar-refractivity contribution in [3.05, 3.63) is 35.6 Å². The molecule has 0 saturated carbocycles. The van der Waals surface area contributed by atoms with E-state index in [9.17, 15) is 19.5 Å². The van der Waals surface area contributed by atoms with Crippen LogP contribution in [0.5, 0.6) is 0 Å². The molecule has 6 nitrogen and oxygen atoms in total. The Labute approximate surface area is 166 Å². The number of carbonyl (C=O) groups excluding carboxylic acids is 3. The van der Waals surface area contributed by atoms with E-state index >= 15 is 0 Å². The number of aliphatic hydroxyl groups excluding tert-OH is 1. The van der Waals surface area contributed by atoms with Gasteiger partial charge in [0.05, 0.1) is 5.57 Å². The largest absolute Gasteiger partial charge is 0.502 e. The first-order valence-electron chi connectivity index (χ1n) is 10.1. The fourth-order valence-corrected chi connectivity index (χ4v) is 3.35. The molecule has 2 rings (SSSR count). The predicted molar refractivity (Wildman–Crippen MR) is 110 cm³/mol. The number of rotatable bonds is 11. The molecule has 1 aliphatic heterocycles. The van der Waals surface area contributed by atoms with Crippen molar-refractivity contribution in [2.45, 2.75) is 65.2 Å². The smallest absolute Gasteiger partial charge is 0.296 e. The molecule has 1 heterocycles. The first-order valence-corrected chi connectivity index (χ1v) is 10.1. The van der Waals surface area contributed by atoms with E-state index in [-0.39, 0.29) is 11.5 Å². The van der Waals surface area contributed by atoms with Gasteiger partial charge in [-0.1, -0.05) is 64.0 Å². The molecule has 0 fully saturated rings. The number of anilines is 1. The van der Waals surface area contributed by atoms with Crippen LogP contribution in [0.2, 0.25) is 0 Å². The Hall–Kier alpha value is -2.63. The minimum absolute atomic E-state index is 0.0268. The molecule has 1 aromatic rings. The lowest BCUT2D eigenvalue weighted by atomic mass is 10.0. The number of aliphatic hydroxyl groups is 1. The highest BCUT2D eigenvalue weighted by Gasteiger charge is 2.38. The molecule has 6 heteroatoms. The summed E-state index contributed by atoms with van der Waals surface area (Å²) in [6.07, 6.45) is 8.98. The normalized spacial score (nSPS) is 14.1. The lowest BCUT2D eigenvalue weighted by molar-refractivity contribution is -0.138. The van der Waals surface area contributed by atoms with Crippen LogP contribution in [-0.4, -0.2) is 34.3 Å². The van der Waals surface area contributed by atoms with Crippen LogP contribution >= 0.6 is 0 Å². The lowest BCUT2D eigenvalue weighted by Crippen LogP contribution is -2.32.